The molecule has 4 nitrogen and oxygen atoms in total. The van der Waals surface area contributed by atoms with Crippen molar-refractivity contribution in [1.82, 2.24) is 0 Å². The highest BCUT2D eigenvalue weighted by Crippen LogP contribution is 2.51. The second-order valence-electron chi connectivity index (χ2n) is 3.91. The van der Waals surface area contributed by atoms with Gasteiger partial charge in [0.2, 0.25) is 0 Å². The molecule has 0 aliphatic heterocycles. The third kappa shape index (κ3) is 1.42. The summed E-state index contributed by atoms with van der Waals surface area (Å²) in [6, 6.07) is 6.51. The maximum Gasteiger partial charge on any atom is 0.273 e. The van der Waals surface area contributed by atoms with Gasteiger partial charge in [-0.15, -0.1) is 0 Å². The van der Waals surface area contributed by atoms with E-state index in [2.05, 4.69) is 0 Å². The normalized spacial score (nSPS) is 17.1. The molecule has 1 saturated carbocycles. The molecular weight excluding hydrogens is 194 g/mol. The lowest BCUT2D eigenvalue weighted by atomic mass is 9.91. The molecule has 0 spiro atoms. The van der Waals surface area contributed by atoms with Crippen molar-refractivity contribution in [2.45, 2.75) is 25.2 Å². The third-order valence-corrected chi connectivity index (χ3v) is 3.04. The maximum atomic E-state index is 11.5. The average Bonchev–Trinajstić information content (AvgIpc) is 2.98. The van der Waals surface area contributed by atoms with Gasteiger partial charge in [-0.2, -0.15) is 0 Å². The van der Waals surface area contributed by atoms with Crippen LogP contribution in [0.2, 0.25) is 0 Å². The fourth-order valence-corrected chi connectivity index (χ4v) is 1.97. The minimum atomic E-state index is -0.566. The molecule has 1 aliphatic rings. The van der Waals surface area contributed by atoms with Gasteiger partial charge >= 0.3 is 0 Å². The van der Waals surface area contributed by atoms with E-state index in [1.54, 1.807) is 18.2 Å². The Bertz CT molecular complexity index is 435. The Kier molecular flexibility index (Phi) is 2.07. The highest BCUT2D eigenvalue weighted by Gasteiger charge is 2.51. The number of benzene rings is 1. The quantitative estimate of drug-likeness (QED) is 0.561. The molecule has 4 heteroatoms. The number of nitro benzene ring substituents is 1. The van der Waals surface area contributed by atoms with Gasteiger partial charge in [-0.3, -0.25) is 14.9 Å². The molecule has 0 amide bonds. The second kappa shape index (κ2) is 3.15. The van der Waals surface area contributed by atoms with Crippen LogP contribution in [-0.2, 0) is 10.2 Å². The van der Waals surface area contributed by atoms with Crippen molar-refractivity contribution in [2.24, 2.45) is 0 Å². The summed E-state index contributed by atoms with van der Waals surface area (Å²) in [5.74, 6) is 0.0248. The fraction of sp³-hybridized carbons (Fsp3) is 0.364. The predicted molar refractivity (Wildman–Crippen MR) is 54.7 cm³/mol. The Morgan fingerprint density at radius 1 is 1.40 bits per heavy atom. The van der Waals surface area contributed by atoms with Crippen molar-refractivity contribution in [3.8, 4) is 0 Å². The van der Waals surface area contributed by atoms with Gasteiger partial charge in [0, 0.05) is 11.6 Å². The molecule has 0 atom stereocenters. The van der Waals surface area contributed by atoms with Gasteiger partial charge in [-0.05, 0) is 19.8 Å². The van der Waals surface area contributed by atoms with E-state index in [9.17, 15) is 14.9 Å². The summed E-state index contributed by atoms with van der Waals surface area (Å²) in [5.41, 5.74) is 0.0663. The molecule has 1 aromatic carbocycles. The number of nitrogens with zero attached hydrogens (tertiary/aromatic N) is 1. The van der Waals surface area contributed by atoms with Crippen LogP contribution in [0.1, 0.15) is 25.3 Å². The molecule has 1 fully saturated rings. The number of carbonyl (C=O) groups is 1. The first-order chi connectivity index (χ1) is 7.08. The summed E-state index contributed by atoms with van der Waals surface area (Å²) in [7, 11) is 0. The van der Waals surface area contributed by atoms with Gasteiger partial charge in [-0.25, -0.2) is 0 Å². The van der Waals surface area contributed by atoms with Gasteiger partial charge in [-0.1, -0.05) is 18.2 Å². The minimum absolute atomic E-state index is 0.0248. The summed E-state index contributed by atoms with van der Waals surface area (Å²) < 4.78 is 0. The van der Waals surface area contributed by atoms with Gasteiger partial charge < -0.3 is 0 Å². The van der Waals surface area contributed by atoms with Crippen LogP contribution in [-0.4, -0.2) is 10.7 Å². The molecular formula is C11H11NO3. The number of rotatable bonds is 3. The number of hydrogen-bond donors (Lipinski definition) is 0. The van der Waals surface area contributed by atoms with Gasteiger partial charge in [0.25, 0.3) is 5.69 Å². The molecule has 0 saturated heterocycles. The van der Waals surface area contributed by atoms with Crippen molar-refractivity contribution in [1.29, 1.82) is 0 Å². The molecule has 78 valence electrons. The van der Waals surface area contributed by atoms with Crippen molar-refractivity contribution < 1.29 is 9.72 Å². The van der Waals surface area contributed by atoms with Crippen LogP contribution in [0.15, 0.2) is 24.3 Å². The van der Waals surface area contributed by atoms with Gasteiger partial charge in [0.05, 0.1) is 10.3 Å². The van der Waals surface area contributed by atoms with Crippen LogP contribution in [0.3, 0.4) is 0 Å². The standard InChI is InChI=1S/C11H11NO3/c1-8(13)11(6-7-11)9-4-2-3-5-10(9)12(14)15/h2-5H,6-7H2,1H3. The summed E-state index contributed by atoms with van der Waals surface area (Å²) in [5, 5.41) is 10.8. The number of ketones is 1. The lowest BCUT2D eigenvalue weighted by molar-refractivity contribution is -0.385. The van der Waals surface area contributed by atoms with Crippen molar-refractivity contribution >= 4 is 11.5 Å². The van der Waals surface area contributed by atoms with Gasteiger partial charge in [0.1, 0.15) is 5.78 Å². The fourth-order valence-electron chi connectivity index (χ4n) is 1.97. The topological polar surface area (TPSA) is 60.2 Å². The van der Waals surface area contributed by atoms with E-state index >= 15 is 0 Å². The van der Waals surface area contributed by atoms with Crippen molar-refractivity contribution in [3.05, 3.63) is 39.9 Å². The molecule has 1 aliphatic carbocycles. The van der Waals surface area contributed by atoms with Gasteiger partial charge in [0.15, 0.2) is 0 Å². The zero-order chi connectivity index (χ0) is 11.1. The first-order valence-electron chi connectivity index (χ1n) is 4.83. The van der Waals surface area contributed by atoms with E-state index in [1.807, 2.05) is 0 Å². The highest BCUT2D eigenvalue weighted by molar-refractivity contribution is 5.92. The third-order valence-electron chi connectivity index (χ3n) is 3.04. The first kappa shape index (κ1) is 9.83. The number of carbonyl (C=O) groups excluding carboxylic acids is 1. The molecule has 0 N–H and O–H groups in total. The smallest absolute Gasteiger partial charge is 0.273 e. The van der Waals surface area contributed by atoms with Crippen LogP contribution < -0.4 is 0 Å². The number of hydrogen-bond acceptors (Lipinski definition) is 3. The lowest BCUT2D eigenvalue weighted by Gasteiger charge is -2.11. The van der Waals surface area contributed by atoms with E-state index in [4.69, 9.17) is 0 Å². The molecule has 2 rings (SSSR count). The van der Waals surface area contributed by atoms with Crippen LogP contribution in [0.5, 0.6) is 0 Å². The largest absolute Gasteiger partial charge is 0.299 e. The van der Waals surface area contributed by atoms with Crippen LogP contribution >= 0.6 is 0 Å². The van der Waals surface area contributed by atoms with Crippen LogP contribution in [0.4, 0.5) is 5.69 Å². The molecule has 0 unspecified atom stereocenters. The maximum absolute atomic E-state index is 11.5. The zero-order valence-corrected chi connectivity index (χ0v) is 8.40. The second-order valence-corrected chi connectivity index (χ2v) is 3.91. The van der Waals surface area contributed by atoms with Crippen molar-refractivity contribution in [3.63, 3.8) is 0 Å². The number of para-hydroxylation sites is 1. The highest BCUT2D eigenvalue weighted by atomic mass is 16.6. The lowest BCUT2D eigenvalue weighted by Crippen LogP contribution is -2.18. The van der Waals surface area contributed by atoms with Crippen LogP contribution in [0.25, 0.3) is 0 Å². The van der Waals surface area contributed by atoms with E-state index in [-0.39, 0.29) is 11.5 Å². The van der Waals surface area contributed by atoms with E-state index in [0.29, 0.717) is 5.56 Å². The molecule has 0 bridgehead atoms. The summed E-state index contributed by atoms with van der Waals surface area (Å²) in [6.45, 7) is 1.50. The summed E-state index contributed by atoms with van der Waals surface area (Å²) in [6.07, 6.45) is 1.46. The van der Waals surface area contributed by atoms with E-state index < -0.39 is 10.3 Å². The molecule has 0 aromatic heterocycles. The zero-order valence-electron chi connectivity index (χ0n) is 8.40. The molecule has 15 heavy (non-hydrogen) atoms. The number of Topliss-reactive ketones (excluding diaryl/α,β-unsaturated/α-hetero) is 1. The monoisotopic (exact) mass is 205 g/mol. The first-order valence-corrected chi connectivity index (χ1v) is 4.83. The van der Waals surface area contributed by atoms with E-state index in [1.165, 1.54) is 13.0 Å². The average molecular weight is 205 g/mol. The Labute approximate surface area is 87.1 Å². The van der Waals surface area contributed by atoms with Crippen molar-refractivity contribution in [2.75, 3.05) is 0 Å². The Morgan fingerprint density at radius 2 is 2.00 bits per heavy atom. The summed E-state index contributed by atoms with van der Waals surface area (Å²) in [4.78, 5) is 21.9. The Morgan fingerprint density at radius 3 is 2.47 bits per heavy atom. The molecule has 0 heterocycles. The molecule has 0 radical (unpaired) electrons. The SMILES string of the molecule is CC(=O)C1(c2ccccc2[N+](=O)[O-])CC1. The predicted octanol–water partition coefficient (Wildman–Crippen LogP) is 2.22. The Hall–Kier alpha value is -1.71. The van der Waals surface area contributed by atoms with E-state index in [0.717, 1.165) is 12.8 Å². The number of nitro groups is 1. The Balaban J connectivity index is 2.53. The molecule has 1 aromatic rings. The van der Waals surface area contributed by atoms with Crippen LogP contribution in [0, 0.1) is 10.1 Å². The summed E-state index contributed by atoms with van der Waals surface area (Å²) >= 11 is 0. The minimum Gasteiger partial charge on any atom is -0.299 e.